The summed E-state index contributed by atoms with van der Waals surface area (Å²) < 4.78 is 26.8. The van der Waals surface area contributed by atoms with E-state index in [9.17, 15) is 18.4 Å². The first-order valence-corrected chi connectivity index (χ1v) is 8.97. The molecule has 0 bridgehead atoms. The van der Waals surface area contributed by atoms with E-state index < -0.39 is 17.7 Å². The highest BCUT2D eigenvalue weighted by Crippen LogP contribution is 2.19. The number of amides is 2. The molecule has 150 valence electrons. The molecule has 2 N–H and O–H groups in total. The summed E-state index contributed by atoms with van der Waals surface area (Å²) in [4.78, 5) is 25.8. The lowest BCUT2D eigenvalue weighted by atomic mass is 10.1. The largest absolute Gasteiger partial charge is 0.335 e. The maximum absolute atomic E-state index is 13.8. The third-order valence-electron chi connectivity index (χ3n) is 4.54. The van der Waals surface area contributed by atoms with E-state index in [1.807, 2.05) is 32.0 Å². The number of nitrogens with zero attached hydrogens (tertiary/aromatic N) is 1. The molecule has 0 aromatic heterocycles. The summed E-state index contributed by atoms with van der Waals surface area (Å²) in [5.74, 6) is -1.94. The number of anilines is 1. The van der Waals surface area contributed by atoms with Gasteiger partial charge in [-0.05, 0) is 38.0 Å². The number of carbonyl (C=O) groups excluding carboxylic acids is 2. The number of aryl methyl sites for hydroxylation is 2. The molecular formula is C21H25F2N3O2. The van der Waals surface area contributed by atoms with Crippen LogP contribution in [0.2, 0.25) is 0 Å². The fourth-order valence-corrected chi connectivity index (χ4v) is 2.83. The number of benzene rings is 2. The number of para-hydroxylation sites is 1. The van der Waals surface area contributed by atoms with Gasteiger partial charge in [0, 0.05) is 30.4 Å². The van der Waals surface area contributed by atoms with Crippen molar-refractivity contribution >= 4 is 17.5 Å². The fraction of sp³-hybridized carbons (Fsp3) is 0.333. The minimum Gasteiger partial charge on any atom is -0.335 e. The Kier molecular flexibility index (Phi) is 7.23. The molecule has 1 atom stereocenters. The minimum absolute atomic E-state index is 0.0782. The standard InChI is InChI=1S/C21H25F2N3O2/c1-13-6-5-7-14(2)21(13)25-19(27)12-26(4)20(28)11-24-15(3)17-9-8-16(22)10-18(17)23/h5-10,15,24H,11-12H2,1-4H3,(H,25,27)/t15-/m1/s1. The van der Waals surface area contributed by atoms with Gasteiger partial charge in [0.2, 0.25) is 11.8 Å². The quantitative estimate of drug-likeness (QED) is 0.764. The molecule has 0 aliphatic carbocycles. The zero-order valence-electron chi connectivity index (χ0n) is 16.5. The summed E-state index contributed by atoms with van der Waals surface area (Å²) in [6.07, 6.45) is 0. The molecule has 0 aliphatic rings. The predicted molar refractivity (Wildman–Crippen MR) is 105 cm³/mol. The summed E-state index contributed by atoms with van der Waals surface area (Å²) in [6, 6.07) is 8.54. The highest BCUT2D eigenvalue weighted by molar-refractivity contribution is 5.95. The smallest absolute Gasteiger partial charge is 0.243 e. The number of hydrogen-bond acceptors (Lipinski definition) is 3. The summed E-state index contributed by atoms with van der Waals surface area (Å²) in [5, 5.41) is 5.73. The van der Waals surface area contributed by atoms with Gasteiger partial charge in [-0.3, -0.25) is 9.59 Å². The molecular weight excluding hydrogens is 364 g/mol. The van der Waals surface area contributed by atoms with E-state index in [4.69, 9.17) is 0 Å². The normalized spacial score (nSPS) is 11.8. The molecule has 2 aromatic carbocycles. The van der Waals surface area contributed by atoms with Crippen molar-refractivity contribution in [2.45, 2.75) is 26.8 Å². The number of halogens is 2. The average Bonchev–Trinajstić information content (AvgIpc) is 2.62. The van der Waals surface area contributed by atoms with Crippen LogP contribution in [0.25, 0.3) is 0 Å². The number of rotatable bonds is 7. The first-order chi connectivity index (χ1) is 13.2. The summed E-state index contributed by atoms with van der Waals surface area (Å²) in [5.41, 5.74) is 2.90. The molecule has 5 nitrogen and oxygen atoms in total. The topological polar surface area (TPSA) is 61.4 Å². The maximum atomic E-state index is 13.8. The SMILES string of the molecule is Cc1cccc(C)c1NC(=O)CN(C)C(=O)CN[C@H](C)c1ccc(F)cc1F. The highest BCUT2D eigenvalue weighted by Gasteiger charge is 2.17. The third-order valence-corrected chi connectivity index (χ3v) is 4.54. The molecule has 0 saturated heterocycles. The van der Waals surface area contributed by atoms with Crippen LogP contribution in [0, 0.1) is 25.5 Å². The molecule has 2 aromatic rings. The van der Waals surface area contributed by atoms with E-state index in [0.29, 0.717) is 0 Å². The Morgan fingerprint density at radius 3 is 2.36 bits per heavy atom. The maximum Gasteiger partial charge on any atom is 0.243 e. The van der Waals surface area contributed by atoms with E-state index >= 15 is 0 Å². The van der Waals surface area contributed by atoms with Gasteiger partial charge in [-0.25, -0.2) is 8.78 Å². The van der Waals surface area contributed by atoms with Crippen LogP contribution in [0.15, 0.2) is 36.4 Å². The van der Waals surface area contributed by atoms with E-state index in [2.05, 4.69) is 10.6 Å². The highest BCUT2D eigenvalue weighted by atomic mass is 19.1. The number of nitrogens with one attached hydrogen (secondary N) is 2. The van der Waals surface area contributed by atoms with Crippen molar-refractivity contribution in [1.82, 2.24) is 10.2 Å². The van der Waals surface area contributed by atoms with Crippen LogP contribution < -0.4 is 10.6 Å². The van der Waals surface area contributed by atoms with Gasteiger partial charge in [-0.15, -0.1) is 0 Å². The molecule has 0 spiro atoms. The Labute approximate surface area is 163 Å². The first kappa shape index (κ1) is 21.5. The lowest BCUT2D eigenvalue weighted by molar-refractivity contribution is -0.132. The van der Waals surface area contributed by atoms with Crippen LogP contribution in [0.4, 0.5) is 14.5 Å². The second kappa shape index (κ2) is 9.41. The minimum atomic E-state index is -0.672. The fourth-order valence-electron chi connectivity index (χ4n) is 2.83. The Balaban J connectivity index is 1.87. The van der Waals surface area contributed by atoms with Crippen molar-refractivity contribution < 1.29 is 18.4 Å². The summed E-state index contributed by atoms with van der Waals surface area (Å²) >= 11 is 0. The van der Waals surface area contributed by atoms with Gasteiger partial charge < -0.3 is 15.5 Å². The third kappa shape index (κ3) is 5.60. The lowest BCUT2D eigenvalue weighted by Crippen LogP contribution is -2.40. The zero-order valence-corrected chi connectivity index (χ0v) is 16.5. The lowest BCUT2D eigenvalue weighted by Gasteiger charge is -2.20. The molecule has 28 heavy (non-hydrogen) atoms. The molecule has 0 heterocycles. The van der Waals surface area contributed by atoms with Gasteiger partial charge in [0.25, 0.3) is 0 Å². The number of carbonyl (C=O) groups is 2. The molecule has 0 aliphatic heterocycles. The second-order valence-electron chi connectivity index (χ2n) is 6.83. The molecule has 2 amide bonds. The van der Waals surface area contributed by atoms with Crippen molar-refractivity contribution in [2.75, 3.05) is 25.5 Å². The molecule has 0 radical (unpaired) electrons. The number of hydrogen-bond donors (Lipinski definition) is 2. The van der Waals surface area contributed by atoms with Crippen LogP contribution in [-0.2, 0) is 9.59 Å². The Hall–Kier alpha value is -2.80. The van der Waals surface area contributed by atoms with E-state index in [0.717, 1.165) is 22.9 Å². The molecule has 7 heteroatoms. The van der Waals surface area contributed by atoms with Gasteiger partial charge in [0.1, 0.15) is 11.6 Å². The van der Waals surface area contributed by atoms with Crippen LogP contribution in [-0.4, -0.2) is 36.9 Å². The zero-order chi connectivity index (χ0) is 20.8. The van der Waals surface area contributed by atoms with Gasteiger partial charge in [0.05, 0.1) is 13.1 Å². The van der Waals surface area contributed by atoms with Gasteiger partial charge in [-0.1, -0.05) is 24.3 Å². The average molecular weight is 389 g/mol. The Bertz CT molecular complexity index is 850. The van der Waals surface area contributed by atoms with E-state index in [1.165, 1.54) is 24.1 Å². The van der Waals surface area contributed by atoms with Crippen molar-refractivity contribution in [3.8, 4) is 0 Å². The molecule has 0 fully saturated rings. The van der Waals surface area contributed by atoms with Gasteiger partial charge in [-0.2, -0.15) is 0 Å². The van der Waals surface area contributed by atoms with Crippen molar-refractivity contribution in [1.29, 1.82) is 0 Å². The summed E-state index contributed by atoms with van der Waals surface area (Å²) in [7, 11) is 1.53. The van der Waals surface area contributed by atoms with Crippen LogP contribution in [0.1, 0.15) is 29.7 Å². The Morgan fingerprint density at radius 1 is 1.11 bits per heavy atom. The van der Waals surface area contributed by atoms with E-state index in [-0.39, 0.29) is 30.5 Å². The predicted octanol–water partition coefficient (Wildman–Crippen LogP) is 3.33. The monoisotopic (exact) mass is 389 g/mol. The number of likely N-dealkylation sites (N-methyl/N-ethyl adjacent to an activating group) is 1. The van der Waals surface area contributed by atoms with Crippen LogP contribution >= 0.6 is 0 Å². The Morgan fingerprint density at radius 2 is 1.75 bits per heavy atom. The van der Waals surface area contributed by atoms with Crippen molar-refractivity contribution in [3.63, 3.8) is 0 Å². The van der Waals surface area contributed by atoms with Crippen LogP contribution in [0.5, 0.6) is 0 Å². The summed E-state index contributed by atoms with van der Waals surface area (Å²) in [6.45, 7) is 5.30. The molecule has 0 unspecified atom stereocenters. The molecule has 2 rings (SSSR count). The van der Waals surface area contributed by atoms with Crippen molar-refractivity contribution in [2.24, 2.45) is 0 Å². The van der Waals surface area contributed by atoms with Crippen molar-refractivity contribution in [3.05, 3.63) is 64.7 Å². The first-order valence-electron chi connectivity index (χ1n) is 8.97. The van der Waals surface area contributed by atoms with Gasteiger partial charge in [0.15, 0.2) is 0 Å². The van der Waals surface area contributed by atoms with E-state index in [1.54, 1.807) is 6.92 Å². The van der Waals surface area contributed by atoms with Gasteiger partial charge >= 0.3 is 0 Å². The van der Waals surface area contributed by atoms with Crippen LogP contribution in [0.3, 0.4) is 0 Å². The second-order valence-corrected chi connectivity index (χ2v) is 6.83. The molecule has 0 saturated carbocycles.